The van der Waals surface area contributed by atoms with Crippen LogP contribution in [0.5, 0.6) is 5.75 Å². The Bertz CT molecular complexity index is 1240. The molecule has 0 aliphatic carbocycles. The van der Waals surface area contributed by atoms with Gasteiger partial charge in [-0.15, -0.1) is 0 Å². The predicted octanol–water partition coefficient (Wildman–Crippen LogP) is 6.49. The molecule has 0 spiro atoms. The molecule has 0 saturated carbocycles. The van der Waals surface area contributed by atoms with Gasteiger partial charge >= 0.3 is 0 Å². The van der Waals surface area contributed by atoms with Gasteiger partial charge in [0.15, 0.2) is 5.82 Å². The Morgan fingerprint density at radius 1 is 1.03 bits per heavy atom. The largest absolute Gasteiger partial charge is 0.488 e. The van der Waals surface area contributed by atoms with Crippen molar-refractivity contribution < 1.29 is 9.53 Å². The van der Waals surface area contributed by atoms with Crippen LogP contribution in [0.15, 0.2) is 83.3 Å². The van der Waals surface area contributed by atoms with Crippen molar-refractivity contribution in [3.05, 3.63) is 111 Å². The van der Waals surface area contributed by atoms with Crippen LogP contribution in [0, 0.1) is 6.92 Å². The fourth-order valence-corrected chi connectivity index (χ4v) is 3.82. The van der Waals surface area contributed by atoms with E-state index in [1.165, 1.54) is 0 Å². The lowest BCUT2D eigenvalue weighted by Crippen LogP contribution is -2.13. The zero-order valence-corrected chi connectivity index (χ0v) is 19.7. The van der Waals surface area contributed by atoms with Crippen LogP contribution in [-0.2, 0) is 13.2 Å². The quantitative estimate of drug-likeness (QED) is 0.309. The highest BCUT2D eigenvalue weighted by Crippen LogP contribution is 2.24. The Kier molecular flexibility index (Phi) is 6.93. The van der Waals surface area contributed by atoms with Crippen LogP contribution in [0.2, 0.25) is 5.02 Å². The molecule has 0 atom stereocenters. The lowest BCUT2D eigenvalue weighted by Gasteiger charge is -2.08. The molecule has 0 unspecified atom stereocenters. The van der Waals surface area contributed by atoms with Gasteiger partial charge in [-0.05, 0) is 70.4 Å². The average Bonchev–Trinajstić information content (AvgIpc) is 3.12. The molecule has 0 aliphatic rings. The molecule has 1 N–H and O–H groups in total. The molecule has 0 radical (unpaired) electrons. The number of nitrogens with zero attached hydrogens (tertiary/aromatic N) is 2. The van der Waals surface area contributed by atoms with Gasteiger partial charge in [0.25, 0.3) is 5.91 Å². The summed E-state index contributed by atoms with van der Waals surface area (Å²) in [5.74, 6) is 1.07. The molecule has 4 rings (SSSR count). The third-order valence-corrected chi connectivity index (χ3v) is 5.78. The number of carbonyl (C=O) groups excluding carboxylic acids is 1. The number of ether oxygens (including phenoxy) is 1. The van der Waals surface area contributed by atoms with Crippen molar-refractivity contribution in [1.82, 2.24) is 9.78 Å². The number of benzene rings is 3. The number of halogens is 2. The Morgan fingerprint density at radius 2 is 1.81 bits per heavy atom. The van der Waals surface area contributed by atoms with Crippen LogP contribution in [0.3, 0.4) is 0 Å². The first kappa shape index (κ1) is 22.1. The van der Waals surface area contributed by atoms with E-state index in [1.807, 2.05) is 78.3 Å². The summed E-state index contributed by atoms with van der Waals surface area (Å²) < 4.78 is 8.56. The number of hydrogen-bond donors (Lipinski definition) is 1. The maximum Gasteiger partial charge on any atom is 0.256 e. The second-order valence-electron chi connectivity index (χ2n) is 7.33. The summed E-state index contributed by atoms with van der Waals surface area (Å²) >= 11 is 9.53. The van der Waals surface area contributed by atoms with Crippen molar-refractivity contribution in [2.75, 3.05) is 5.32 Å². The van der Waals surface area contributed by atoms with Gasteiger partial charge < -0.3 is 10.1 Å². The van der Waals surface area contributed by atoms with Crippen LogP contribution in [0.4, 0.5) is 5.82 Å². The van der Waals surface area contributed by atoms with Crippen molar-refractivity contribution in [3.63, 3.8) is 0 Å². The van der Waals surface area contributed by atoms with Gasteiger partial charge in [-0.2, -0.15) is 5.10 Å². The van der Waals surface area contributed by atoms with Crippen molar-refractivity contribution in [3.8, 4) is 5.75 Å². The third-order valence-electron chi connectivity index (χ3n) is 4.89. The average molecular weight is 511 g/mol. The highest BCUT2D eigenvalue weighted by atomic mass is 79.9. The van der Waals surface area contributed by atoms with Gasteiger partial charge in [0.2, 0.25) is 0 Å². The van der Waals surface area contributed by atoms with Crippen LogP contribution < -0.4 is 10.1 Å². The molecule has 0 fully saturated rings. The van der Waals surface area contributed by atoms with E-state index in [4.69, 9.17) is 16.3 Å². The summed E-state index contributed by atoms with van der Waals surface area (Å²) in [7, 11) is 0. The van der Waals surface area contributed by atoms with E-state index < -0.39 is 0 Å². The highest BCUT2D eigenvalue weighted by molar-refractivity contribution is 9.10. The second kappa shape index (κ2) is 10.0. The van der Waals surface area contributed by atoms with E-state index in [9.17, 15) is 4.79 Å². The molecule has 0 bridgehead atoms. The minimum Gasteiger partial charge on any atom is -0.488 e. The van der Waals surface area contributed by atoms with Crippen molar-refractivity contribution in [1.29, 1.82) is 0 Å². The number of carbonyl (C=O) groups is 1. The van der Waals surface area contributed by atoms with E-state index >= 15 is 0 Å². The maximum atomic E-state index is 12.7. The van der Waals surface area contributed by atoms with Crippen LogP contribution in [0.1, 0.15) is 27.2 Å². The first-order valence-corrected chi connectivity index (χ1v) is 11.2. The monoisotopic (exact) mass is 509 g/mol. The normalized spacial score (nSPS) is 10.7. The van der Waals surface area contributed by atoms with Crippen molar-refractivity contribution >= 4 is 39.3 Å². The molecule has 1 heterocycles. The fourth-order valence-electron chi connectivity index (χ4n) is 3.20. The number of hydrogen-bond acceptors (Lipinski definition) is 3. The van der Waals surface area contributed by atoms with Crippen LogP contribution >= 0.6 is 27.5 Å². The lowest BCUT2D eigenvalue weighted by atomic mass is 10.1. The van der Waals surface area contributed by atoms with E-state index in [1.54, 1.807) is 12.1 Å². The molecule has 7 heteroatoms. The number of aromatic nitrogens is 2. The molecular weight excluding hydrogens is 490 g/mol. The molecule has 32 heavy (non-hydrogen) atoms. The van der Waals surface area contributed by atoms with Crippen LogP contribution in [0.25, 0.3) is 0 Å². The zero-order valence-electron chi connectivity index (χ0n) is 17.4. The number of amides is 1. The first-order valence-electron chi connectivity index (χ1n) is 10.0. The molecule has 3 aromatic carbocycles. The first-order chi connectivity index (χ1) is 15.5. The molecular formula is C25H21BrClN3O2. The highest BCUT2D eigenvalue weighted by Gasteiger charge is 2.11. The van der Waals surface area contributed by atoms with Gasteiger partial charge in [-0.25, -0.2) is 0 Å². The second-order valence-corrected chi connectivity index (χ2v) is 8.62. The van der Waals surface area contributed by atoms with E-state index in [2.05, 4.69) is 26.3 Å². The number of nitrogens with one attached hydrogen (secondary N) is 1. The summed E-state index contributed by atoms with van der Waals surface area (Å²) in [5, 5.41) is 8.06. The van der Waals surface area contributed by atoms with Gasteiger partial charge in [-0.1, -0.05) is 48.0 Å². The molecule has 0 aliphatic heterocycles. The minimum atomic E-state index is -0.212. The molecule has 0 saturated heterocycles. The lowest BCUT2D eigenvalue weighted by molar-refractivity contribution is 0.102. The summed E-state index contributed by atoms with van der Waals surface area (Å²) in [6.45, 7) is 2.94. The van der Waals surface area contributed by atoms with Gasteiger partial charge in [0.05, 0.1) is 11.0 Å². The Hall–Kier alpha value is -3.09. The fraction of sp³-hybridized carbons (Fsp3) is 0.120. The standard InChI is InChI=1S/C25H21BrClN3O2/c1-17-13-24(29-30(17)15-19-5-4-6-21(27)14-19)28-25(31)20-11-9-18(10-12-20)16-32-23-8-3-2-7-22(23)26/h2-14H,15-16H2,1H3,(H,28,29,31). The Labute approximate surface area is 200 Å². The van der Waals surface area contributed by atoms with E-state index in [0.29, 0.717) is 29.6 Å². The summed E-state index contributed by atoms with van der Waals surface area (Å²) in [4.78, 5) is 12.7. The molecule has 5 nitrogen and oxygen atoms in total. The zero-order chi connectivity index (χ0) is 22.5. The predicted molar refractivity (Wildman–Crippen MR) is 130 cm³/mol. The Morgan fingerprint density at radius 3 is 2.56 bits per heavy atom. The van der Waals surface area contributed by atoms with Crippen molar-refractivity contribution in [2.45, 2.75) is 20.1 Å². The smallest absolute Gasteiger partial charge is 0.256 e. The maximum absolute atomic E-state index is 12.7. The molecule has 162 valence electrons. The SMILES string of the molecule is Cc1cc(NC(=O)c2ccc(COc3ccccc3Br)cc2)nn1Cc1cccc(Cl)c1. The molecule has 1 aromatic heterocycles. The number of rotatable bonds is 7. The minimum absolute atomic E-state index is 0.212. The van der Waals surface area contributed by atoms with Crippen molar-refractivity contribution in [2.24, 2.45) is 0 Å². The third kappa shape index (κ3) is 5.58. The number of aryl methyl sites for hydroxylation is 1. The number of para-hydroxylation sites is 1. The summed E-state index contributed by atoms with van der Waals surface area (Å²) in [6.07, 6.45) is 0. The summed E-state index contributed by atoms with van der Waals surface area (Å²) in [5.41, 5.74) is 3.51. The van der Waals surface area contributed by atoms with Gasteiger partial charge in [-0.3, -0.25) is 9.48 Å². The Balaban J connectivity index is 1.37. The van der Waals surface area contributed by atoms with Crippen LogP contribution in [-0.4, -0.2) is 15.7 Å². The number of anilines is 1. The van der Waals surface area contributed by atoms with Gasteiger partial charge in [0, 0.05) is 22.3 Å². The molecule has 1 amide bonds. The summed E-state index contributed by atoms with van der Waals surface area (Å²) in [6, 6.07) is 24.5. The molecule has 4 aromatic rings. The van der Waals surface area contributed by atoms with Gasteiger partial charge in [0.1, 0.15) is 12.4 Å². The topological polar surface area (TPSA) is 56.1 Å². The van der Waals surface area contributed by atoms with E-state index in [-0.39, 0.29) is 5.91 Å². The van der Waals surface area contributed by atoms with E-state index in [0.717, 1.165) is 27.0 Å².